The number of nitriles is 1. The number of piperazine rings is 1. The molecule has 0 spiro atoms. The molecule has 1 aromatic rings. The number of amides is 2. The number of benzene rings is 1. The average molecular weight is 457 g/mol. The van der Waals surface area contributed by atoms with E-state index in [1.54, 1.807) is 29.0 Å². The molecule has 0 aromatic heterocycles. The van der Waals surface area contributed by atoms with Crippen molar-refractivity contribution in [2.45, 2.75) is 64.6 Å². The number of anilines is 1. The third kappa shape index (κ3) is 5.48. The number of rotatable bonds is 4. The first-order chi connectivity index (χ1) is 15.4. The Kier molecular flexibility index (Phi) is 7.06. The van der Waals surface area contributed by atoms with Crippen molar-refractivity contribution < 1.29 is 19.1 Å². The van der Waals surface area contributed by atoms with Crippen LogP contribution in [-0.4, -0.2) is 79.4 Å². The standard InChI is InChI=1S/C25H36N4O4/c1-17-12-27(19(15-32-7)13-28(17)23(31)33-24(2,3)4)14-22(30)29-16-25(5,6)20-9-8-18(11-26)10-21(20)29/h8-10,17,19H,12-16H2,1-7H3/t17-,19-/m1/s1. The number of fused-ring (bicyclic) bond motifs is 1. The molecule has 1 aromatic carbocycles. The maximum absolute atomic E-state index is 13.5. The molecule has 0 N–H and O–H groups in total. The predicted octanol–water partition coefficient (Wildman–Crippen LogP) is 3.14. The third-order valence-corrected chi connectivity index (χ3v) is 6.28. The van der Waals surface area contributed by atoms with Gasteiger partial charge in [0.2, 0.25) is 5.91 Å². The van der Waals surface area contributed by atoms with E-state index < -0.39 is 5.60 Å². The van der Waals surface area contributed by atoms with Crippen LogP contribution in [0, 0.1) is 11.3 Å². The van der Waals surface area contributed by atoms with Gasteiger partial charge in [0.25, 0.3) is 0 Å². The van der Waals surface area contributed by atoms with Gasteiger partial charge in [0.15, 0.2) is 0 Å². The Bertz CT molecular complexity index is 947. The summed E-state index contributed by atoms with van der Waals surface area (Å²) >= 11 is 0. The maximum Gasteiger partial charge on any atom is 0.410 e. The van der Waals surface area contributed by atoms with Crippen molar-refractivity contribution in [2.75, 3.05) is 44.8 Å². The van der Waals surface area contributed by atoms with Crippen molar-refractivity contribution in [1.82, 2.24) is 9.80 Å². The summed E-state index contributed by atoms with van der Waals surface area (Å²) in [6.45, 7) is 13.9. The van der Waals surface area contributed by atoms with E-state index in [0.29, 0.717) is 31.8 Å². The summed E-state index contributed by atoms with van der Waals surface area (Å²) in [4.78, 5) is 31.8. The van der Waals surface area contributed by atoms with Crippen LogP contribution in [0.1, 0.15) is 52.7 Å². The second-order valence-corrected chi connectivity index (χ2v) is 10.7. The maximum atomic E-state index is 13.5. The largest absolute Gasteiger partial charge is 0.444 e. The van der Waals surface area contributed by atoms with Crippen LogP contribution in [0.3, 0.4) is 0 Å². The highest BCUT2D eigenvalue weighted by Gasteiger charge is 2.41. The van der Waals surface area contributed by atoms with Gasteiger partial charge in [-0.1, -0.05) is 19.9 Å². The smallest absolute Gasteiger partial charge is 0.410 e. The predicted molar refractivity (Wildman–Crippen MR) is 126 cm³/mol. The Morgan fingerprint density at radius 3 is 2.55 bits per heavy atom. The third-order valence-electron chi connectivity index (χ3n) is 6.28. The molecular formula is C25H36N4O4. The first-order valence-electron chi connectivity index (χ1n) is 11.4. The first kappa shape index (κ1) is 25.0. The van der Waals surface area contributed by atoms with Crippen LogP contribution in [0.4, 0.5) is 10.5 Å². The van der Waals surface area contributed by atoms with E-state index in [2.05, 4.69) is 24.8 Å². The van der Waals surface area contributed by atoms with Gasteiger partial charge < -0.3 is 19.3 Å². The minimum atomic E-state index is -0.571. The monoisotopic (exact) mass is 456 g/mol. The molecule has 1 fully saturated rings. The first-order valence-corrected chi connectivity index (χ1v) is 11.4. The van der Waals surface area contributed by atoms with E-state index in [4.69, 9.17) is 9.47 Å². The number of carbonyl (C=O) groups is 2. The van der Waals surface area contributed by atoms with Crippen LogP contribution in [0.5, 0.6) is 0 Å². The molecule has 2 aliphatic rings. The molecule has 180 valence electrons. The van der Waals surface area contributed by atoms with Crippen molar-refractivity contribution in [3.05, 3.63) is 29.3 Å². The Morgan fingerprint density at radius 2 is 1.94 bits per heavy atom. The minimum absolute atomic E-state index is 0.0177. The topological polar surface area (TPSA) is 86.1 Å². The molecule has 2 amide bonds. The highest BCUT2D eigenvalue weighted by atomic mass is 16.6. The Hall–Kier alpha value is -2.63. The second-order valence-electron chi connectivity index (χ2n) is 10.7. The number of hydrogen-bond donors (Lipinski definition) is 0. The summed E-state index contributed by atoms with van der Waals surface area (Å²) < 4.78 is 11.0. The van der Waals surface area contributed by atoms with E-state index in [9.17, 15) is 14.9 Å². The zero-order chi connectivity index (χ0) is 24.6. The lowest BCUT2D eigenvalue weighted by atomic mass is 9.87. The summed E-state index contributed by atoms with van der Waals surface area (Å²) in [6, 6.07) is 7.51. The lowest BCUT2D eigenvalue weighted by Crippen LogP contribution is -2.62. The van der Waals surface area contributed by atoms with Gasteiger partial charge in [0, 0.05) is 43.9 Å². The molecule has 0 saturated carbocycles. The molecule has 0 aliphatic carbocycles. The van der Waals surface area contributed by atoms with Gasteiger partial charge in [-0.05, 0) is 45.4 Å². The molecule has 2 atom stereocenters. The quantitative estimate of drug-likeness (QED) is 0.692. The number of nitrogens with zero attached hydrogens (tertiary/aromatic N) is 4. The molecule has 33 heavy (non-hydrogen) atoms. The lowest BCUT2D eigenvalue weighted by Gasteiger charge is -2.45. The highest BCUT2D eigenvalue weighted by molar-refractivity contribution is 5.97. The van der Waals surface area contributed by atoms with Crippen molar-refractivity contribution in [3.8, 4) is 6.07 Å². The van der Waals surface area contributed by atoms with Crippen molar-refractivity contribution in [1.29, 1.82) is 5.26 Å². The Labute approximate surface area is 197 Å². The normalized spacial score (nSPS) is 22.6. The lowest BCUT2D eigenvalue weighted by molar-refractivity contribution is -0.121. The van der Waals surface area contributed by atoms with E-state index in [1.165, 1.54) is 0 Å². The van der Waals surface area contributed by atoms with E-state index >= 15 is 0 Å². The van der Waals surface area contributed by atoms with Gasteiger partial charge in [0.1, 0.15) is 5.60 Å². The molecule has 2 heterocycles. The van der Waals surface area contributed by atoms with Crippen LogP contribution in [-0.2, 0) is 19.7 Å². The van der Waals surface area contributed by atoms with Crippen LogP contribution >= 0.6 is 0 Å². The molecule has 0 radical (unpaired) electrons. The zero-order valence-electron chi connectivity index (χ0n) is 20.8. The Balaban J connectivity index is 1.77. The molecule has 2 aliphatic heterocycles. The highest BCUT2D eigenvalue weighted by Crippen LogP contribution is 2.41. The minimum Gasteiger partial charge on any atom is -0.444 e. The van der Waals surface area contributed by atoms with Gasteiger partial charge in [-0.15, -0.1) is 0 Å². The van der Waals surface area contributed by atoms with Crippen LogP contribution in [0.25, 0.3) is 0 Å². The van der Waals surface area contributed by atoms with Gasteiger partial charge in [-0.3, -0.25) is 9.69 Å². The summed E-state index contributed by atoms with van der Waals surface area (Å²) in [5.41, 5.74) is 1.67. The van der Waals surface area contributed by atoms with E-state index in [-0.39, 0.29) is 36.0 Å². The fourth-order valence-electron chi connectivity index (χ4n) is 4.67. The second kappa shape index (κ2) is 9.32. The van der Waals surface area contributed by atoms with Crippen molar-refractivity contribution in [2.24, 2.45) is 0 Å². The molecule has 8 heteroatoms. The van der Waals surface area contributed by atoms with Crippen molar-refractivity contribution in [3.63, 3.8) is 0 Å². The fraction of sp³-hybridized carbons (Fsp3) is 0.640. The molecule has 3 rings (SSSR count). The van der Waals surface area contributed by atoms with Crippen LogP contribution < -0.4 is 4.90 Å². The number of carbonyl (C=O) groups excluding carboxylic acids is 2. The molecule has 1 saturated heterocycles. The van der Waals surface area contributed by atoms with Gasteiger partial charge in [0.05, 0.1) is 30.8 Å². The Morgan fingerprint density at radius 1 is 1.24 bits per heavy atom. The van der Waals surface area contributed by atoms with Crippen LogP contribution in [0.2, 0.25) is 0 Å². The average Bonchev–Trinajstić information content (AvgIpc) is 2.99. The molecular weight excluding hydrogens is 420 g/mol. The molecule has 8 nitrogen and oxygen atoms in total. The zero-order valence-corrected chi connectivity index (χ0v) is 20.8. The van der Waals surface area contributed by atoms with E-state index in [1.807, 2.05) is 33.8 Å². The van der Waals surface area contributed by atoms with Gasteiger partial charge >= 0.3 is 6.09 Å². The fourth-order valence-corrected chi connectivity index (χ4v) is 4.67. The number of ether oxygens (including phenoxy) is 2. The SMILES string of the molecule is COC[C@H]1CN(C(=O)OC(C)(C)C)[C@H](C)CN1CC(=O)N1CC(C)(C)c2ccc(C#N)cc21. The number of hydrogen-bond acceptors (Lipinski definition) is 6. The number of methoxy groups -OCH3 is 1. The summed E-state index contributed by atoms with van der Waals surface area (Å²) in [6.07, 6.45) is -0.346. The van der Waals surface area contributed by atoms with E-state index in [0.717, 1.165) is 11.3 Å². The molecule has 0 unspecified atom stereocenters. The van der Waals surface area contributed by atoms with Crippen molar-refractivity contribution >= 4 is 17.7 Å². The molecule has 0 bridgehead atoms. The van der Waals surface area contributed by atoms with Crippen LogP contribution in [0.15, 0.2) is 18.2 Å². The van der Waals surface area contributed by atoms with Gasteiger partial charge in [-0.2, -0.15) is 5.26 Å². The summed E-state index contributed by atoms with van der Waals surface area (Å²) in [5, 5.41) is 9.33. The summed E-state index contributed by atoms with van der Waals surface area (Å²) in [7, 11) is 1.62. The van der Waals surface area contributed by atoms with Gasteiger partial charge in [-0.25, -0.2) is 4.79 Å². The summed E-state index contributed by atoms with van der Waals surface area (Å²) in [5.74, 6) is -0.0177.